The Kier molecular flexibility index (Phi) is 4.30. The molecule has 0 radical (unpaired) electrons. The Balaban J connectivity index is 1.98. The summed E-state index contributed by atoms with van der Waals surface area (Å²) in [5, 5.41) is 19.7. The van der Waals surface area contributed by atoms with Crippen LogP contribution in [0.25, 0.3) is 11.2 Å². The summed E-state index contributed by atoms with van der Waals surface area (Å²) in [4.78, 5) is 12.8. The van der Waals surface area contributed by atoms with Gasteiger partial charge in [-0.1, -0.05) is 17.8 Å². The van der Waals surface area contributed by atoms with Crippen molar-refractivity contribution >= 4 is 28.9 Å². The number of nitrogens with zero attached hydrogens (tertiary/aromatic N) is 4. The maximum Gasteiger partial charge on any atom is 0.223 e. The summed E-state index contributed by atoms with van der Waals surface area (Å²) in [6.07, 6.45) is 1.96. The third-order valence-electron chi connectivity index (χ3n) is 3.44. The highest BCUT2D eigenvalue weighted by atomic mass is 32.2. The lowest BCUT2D eigenvalue weighted by Gasteiger charge is -2.13. The number of rotatable bonds is 5. The number of thioether (sulfide) groups is 1. The number of aliphatic hydroxyl groups is 2. The topological polar surface area (TPSA) is 119 Å². The van der Waals surface area contributed by atoms with Crippen molar-refractivity contribution in [3.8, 4) is 0 Å². The molecule has 3 heterocycles. The van der Waals surface area contributed by atoms with Crippen molar-refractivity contribution in [2.24, 2.45) is 0 Å². The minimum atomic E-state index is -0.721. The fourth-order valence-corrected chi connectivity index (χ4v) is 3.12. The van der Waals surface area contributed by atoms with Gasteiger partial charge in [0, 0.05) is 12.2 Å². The highest BCUT2D eigenvalue weighted by Crippen LogP contribution is 2.32. The van der Waals surface area contributed by atoms with E-state index in [0.717, 1.165) is 0 Å². The summed E-state index contributed by atoms with van der Waals surface area (Å²) in [7, 11) is 0. The van der Waals surface area contributed by atoms with E-state index in [0.29, 0.717) is 28.4 Å². The van der Waals surface area contributed by atoms with Gasteiger partial charge in [0.05, 0.1) is 19.0 Å². The van der Waals surface area contributed by atoms with Crippen LogP contribution in [-0.2, 0) is 4.74 Å². The predicted octanol–water partition coefficient (Wildman–Crippen LogP) is 0.327. The Morgan fingerprint density at radius 3 is 3.05 bits per heavy atom. The lowest BCUT2D eigenvalue weighted by atomic mass is 10.2. The molecule has 4 N–H and O–H groups in total. The Morgan fingerprint density at radius 2 is 2.36 bits per heavy atom. The zero-order valence-electron chi connectivity index (χ0n) is 11.8. The molecule has 9 heteroatoms. The number of anilines is 1. The Hall–Kier alpha value is -1.68. The first-order valence-corrected chi connectivity index (χ1v) is 7.80. The maximum atomic E-state index is 9.86. The zero-order valence-corrected chi connectivity index (χ0v) is 12.6. The fourth-order valence-electron chi connectivity index (χ4n) is 2.41. The van der Waals surface area contributed by atoms with Gasteiger partial charge in [0.25, 0.3) is 0 Å². The molecule has 1 aliphatic heterocycles. The van der Waals surface area contributed by atoms with Crippen LogP contribution >= 0.6 is 11.8 Å². The molecule has 0 saturated carbocycles. The summed E-state index contributed by atoms with van der Waals surface area (Å²) in [6, 6.07) is 0. The molecule has 118 valence electrons. The van der Waals surface area contributed by atoms with Crippen molar-refractivity contribution in [3.63, 3.8) is 0 Å². The van der Waals surface area contributed by atoms with Gasteiger partial charge in [-0.3, -0.25) is 4.57 Å². The average Bonchev–Trinajstić information content (AvgIpc) is 3.07. The molecule has 22 heavy (non-hydrogen) atoms. The van der Waals surface area contributed by atoms with Crippen LogP contribution in [0.15, 0.2) is 24.0 Å². The van der Waals surface area contributed by atoms with E-state index in [9.17, 15) is 10.2 Å². The van der Waals surface area contributed by atoms with E-state index in [1.165, 1.54) is 11.8 Å². The van der Waals surface area contributed by atoms with Gasteiger partial charge in [-0.2, -0.15) is 4.98 Å². The fraction of sp³-hybridized carbons (Fsp3) is 0.462. The number of nitrogen functional groups attached to an aromatic ring is 1. The number of hydrogen-bond acceptors (Lipinski definition) is 8. The van der Waals surface area contributed by atoms with Crippen LogP contribution in [0.5, 0.6) is 0 Å². The SMILES string of the molecule is C=CCSc1nc(N)nc2c1ncn2[C@@H]1C[C@H](O)[C@@H](CO)O1. The second kappa shape index (κ2) is 6.21. The summed E-state index contributed by atoms with van der Waals surface area (Å²) < 4.78 is 7.35. The minimum Gasteiger partial charge on any atom is -0.394 e. The van der Waals surface area contributed by atoms with E-state index in [-0.39, 0.29) is 12.6 Å². The highest BCUT2D eigenvalue weighted by molar-refractivity contribution is 7.99. The number of ether oxygens (including phenoxy) is 1. The third kappa shape index (κ3) is 2.68. The monoisotopic (exact) mass is 323 g/mol. The molecule has 3 rings (SSSR count). The minimum absolute atomic E-state index is 0.151. The molecule has 0 unspecified atom stereocenters. The van der Waals surface area contributed by atoms with Crippen molar-refractivity contribution in [3.05, 3.63) is 19.0 Å². The molecule has 3 atom stereocenters. The number of imidazole rings is 1. The quantitative estimate of drug-likeness (QED) is 0.409. The van der Waals surface area contributed by atoms with Gasteiger partial charge in [0.1, 0.15) is 22.9 Å². The van der Waals surface area contributed by atoms with E-state index >= 15 is 0 Å². The molecule has 2 aromatic heterocycles. The van der Waals surface area contributed by atoms with Crippen molar-refractivity contribution < 1.29 is 14.9 Å². The average molecular weight is 323 g/mol. The number of nitrogens with two attached hydrogens (primary N) is 1. The lowest BCUT2D eigenvalue weighted by molar-refractivity contribution is -0.0432. The first-order chi connectivity index (χ1) is 10.6. The molecular weight excluding hydrogens is 306 g/mol. The van der Waals surface area contributed by atoms with Crippen molar-refractivity contribution in [2.45, 2.75) is 29.9 Å². The number of aliphatic hydroxyl groups excluding tert-OH is 2. The second-order valence-electron chi connectivity index (χ2n) is 4.93. The van der Waals surface area contributed by atoms with Gasteiger partial charge in [-0.15, -0.1) is 6.58 Å². The van der Waals surface area contributed by atoms with Crippen molar-refractivity contribution in [2.75, 3.05) is 18.1 Å². The summed E-state index contributed by atoms with van der Waals surface area (Å²) in [5.41, 5.74) is 6.95. The molecule has 0 spiro atoms. The molecule has 8 nitrogen and oxygen atoms in total. The van der Waals surface area contributed by atoms with Crippen LogP contribution < -0.4 is 5.73 Å². The van der Waals surface area contributed by atoms with Crippen LogP contribution in [0.2, 0.25) is 0 Å². The maximum absolute atomic E-state index is 9.86. The van der Waals surface area contributed by atoms with Gasteiger partial charge in [-0.05, 0) is 0 Å². The molecule has 1 saturated heterocycles. The molecule has 1 fully saturated rings. The number of fused-ring (bicyclic) bond motifs is 1. The van der Waals surface area contributed by atoms with E-state index in [1.54, 1.807) is 17.0 Å². The highest BCUT2D eigenvalue weighted by Gasteiger charge is 2.35. The molecule has 1 aliphatic rings. The molecular formula is C13H17N5O3S. The zero-order chi connectivity index (χ0) is 15.7. The van der Waals surface area contributed by atoms with E-state index in [2.05, 4.69) is 21.5 Å². The van der Waals surface area contributed by atoms with Crippen LogP contribution in [0, 0.1) is 0 Å². The van der Waals surface area contributed by atoms with Crippen LogP contribution in [0.1, 0.15) is 12.6 Å². The number of hydrogen-bond donors (Lipinski definition) is 3. The predicted molar refractivity (Wildman–Crippen MR) is 82.3 cm³/mol. The smallest absolute Gasteiger partial charge is 0.223 e. The van der Waals surface area contributed by atoms with E-state index < -0.39 is 18.4 Å². The number of aromatic nitrogens is 4. The summed E-state index contributed by atoms with van der Waals surface area (Å²) >= 11 is 1.47. The van der Waals surface area contributed by atoms with E-state index in [4.69, 9.17) is 10.5 Å². The van der Waals surface area contributed by atoms with Gasteiger partial charge in [0.15, 0.2) is 5.65 Å². The molecule has 2 aromatic rings. The molecule has 0 aromatic carbocycles. The van der Waals surface area contributed by atoms with Gasteiger partial charge >= 0.3 is 0 Å². The summed E-state index contributed by atoms with van der Waals surface area (Å²) in [6.45, 7) is 3.45. The normalized spacial score (nSPS) is 24.9. The molecule has 0 amide bonds. The first kappa shape index (κ1) is 15.2. The Morgan fingerprint density at radius 1 is 1.55 bits per heavy atom. The molecule has 0 bridgehead atoms. The lowest BCUT2D eigenvalue weighted by Crippen LogP contribution is -2.24. The van der Waals surface area contributed by atoms with Crippen molar-refractivity contribution in [1.29, 1.82) is 0 Å². The summed E-state index contributed by atoms with van der Waals surface area (Å²) in [5.74, 6) is 0.835. The Bertz CT molecular complexity index is 692. The third-order valence-corrected chi connectivity index (χ3v) is 4.40. The standard InChI is InChI=1S/C13H17N5O3S/c1-2-3-22-12-10-11(16-13(14)17-12)18(6-15-10)9-4-7(20)8(5-19)21-9/h2,6-9,19-20H,1,3-5H2,(H2,14,16,17)/t7-,8+,9-/m0/s1. The van der Waals surface area contributed by atoms with Crippen LogP contribution in [0.4, 0.5) is 5.95 Å². The van der Waals surface area contributed by atoms with Crippen molar-refractivity contribution in [1.82, 2.24) is 19.5 Å². The second-order valence-corrected chi connectivity index (χ2v) is 5.93. The van der Waals surface area contributed by atoms with Crippen LogP contribution in [-0.4, -0.2) is 54.3 Å². The largest absolute Gasteiger partial charge is 0.394 e. The van der Waals surface area contributed by atoms with Gasteiger partial charge < -0.3 is 20.7 Å². The van der Waals surface area contributed by atoms with Gasteiger partial charge in [0.2, 0.25) is 5.95 Å². The van der Waals surface area contributed by atoms with Gasteiger partial charge in [-0.25, -0.2) is 9.97 Å². The first-order valence-electron chi connectivity index (χ1n) is 6.82. The Labute approximate surface area is 131 Å². The molecule has 0 aliphatic carbocycles. The van der Waals surface area contributed by atoms with Crippen LogP contribution in [0.3, 0.4) is 0 Å². The van der Waals surface area contributed by atoms with E-state index in [1.807, 2.05) is 0 Å².